The maximum absolute atomic E-state index is 5.02. The summed E-state index contributed by atoms with van der Waals surface area (Å²) >= 11 is 9.62. The van der Waals surface area contributed by atoms with Gasteiger partial charge in [-0.1, -0.05) is 0 Å². The molecule has 0 atom stereocenters. The third kappa shape index (κ3) is 3.05. The van der Waals surface area contributed by atoms with Crippen LogP contribution in [-0.2, 0) is 9.47 Å². The fourth-order valence-corrected chi connectivity index (χ4v) is 2.24. The zero-order valence-electron chi connectivity index (χ0n) is 4.86. The Morgan fingerprint density at radius 1 is 1.00 bits per heavy atom. The molecule has 1 saturated heterocycles. The molecule has 0 saturated carbocycles. The van der Waals surface area contributed by atoms with Gasteiger partial charge in [0.05, 0.1) is 0 Å². The highest BCUT2D eigenvalue weighted by Crippen LogP contribution is 2.27. The van der Waals surface area contributed by atoms with Crippen molar-refractivity contribution in [2.75, 3.05) is 13.2 Å². The molecule has 6 heteroatoms. The fraction of sp³-hybridized carbons (Fsp3) is 0.500. The Kier molecular flexibility index (Phi) is 3.75. The molecule has 10 heavy (non-hydrogen) atoms. The molecule has 0 aliphatic carbocycles. The van der Waals surface area contributed by atoms with E-state index >= 15 is 0 Å². The van der Waals surface area contributed by atoms with Crippen molar-refractivity contribution >= 4 is 54.8 Å². The number of hydrogen-bond acceptors (Lipinski definition) is 6. The average Bonchev–Trinajstić information content (AvgIpc) is 1.90. The lowest BCUT2D eigenvalue weighted by molar-refractivity contribution is 0.216. The van der Waals surface area contributed by atoms with Gasteiger partial charge in [-0.2, -0.15) is 0 Å². The quantitative estimate of drug-likeness (QED) is 0.448. The fourth-order valence-electron chi connectivity index (χ4n) is 0.366. The molecule has 0 aromatic carbocycles. The summed E-state index contributed by atoms with van der Waals surface area (Å²) in [5.74, 6) is 0. The minimum absolute atomic E-state index is 0.493. The van der Waals surface area contributed by atoms with Crippen LogP contribution in [0.25, 0.3) is 0 Å². The second-order valence-corrected chi connectivity index (χ2v) is 4.70. The molecule has 0 amide bonds. The van der Waals surface area contributed by atoms with Crippen molar-refractivity contribution < 1.29 is 9.47 Å². The smallest absolute Gasteiger partial charge is 0.231 e. The van der Waals surface area contributed by atoms with Crippen molar-refractivity contribution in [3.8, 4) is 0 Å². The van der Waals surface area contributed by atoms with Crippen LogP contribution in [0.5, 0.6) is 0 Å². The molecule has 0 aromatic heterocycles. The molecule has 0 N–H and O–H groups in total. The van der Waals surface area contributed by atoms with Gasteiger partial charge in [0.25, 0.3) is 0 Å². The first-order valence-electron chi connectivity index (χ1n) is 2.47. The number of ether oxygens (including phenoxy) is 2. The lowest BCUT2D eigenvalue weighted by Gasteiger charge is -2.11. The summed E-state index contributed by atoms with van der Waals surface area (Å²) in [6, 6.07) is 0. The van der Waals surface area contributed by atoms with Crippen molar-refractivity contribution in [2.45, 2.75) is 0 Å². The summed E-state index contributed by atoms with van der Waals surface area (Å²) < 4.78 is 11.1. The van der Waals surface area contributed by atoms with Gasteiger partial charge in [-0.25, -0.2) is 0 Å². The summed E-state index contributed by atoms with van der Waals surface area (Å²) in [7, 11) is 2.64. The van der Waals surface area contributed by atoms with E-state index in [2.05, 4.69) is 0 Å². The van der Waals surface area contributed by atoms with Gasteiger partial charge in [0.2, 0.25) is 8.77 Å². The molecule has 0 aromatic rings. The minimum atomic E-state index is 0.493. The standard InChI is InChI=1S/C4H4O2S4/c7-3-5-1-2-6-4(8)10-9-3/h1-2H2. The van der Waals surface area contributed by atoms with Gasteiger partial charge in [0.15, 0.2) is 0 Å². The van der Waals surface area contributed by atoms with Gasteiger partial charge in [0, 0.05) is 21.6 Å². The Labute approximate surface area is 77.4 Å². The van der Waals surface area contributed by atoms with E-state index in [1.807, 2.05) is 0 Å². The number of thiocarbonyl (C=S) groups is 2. The first-order chi connectivity index (χ1) is 4.79. The highest BCUT2D eigenvalue weighted by molar-refractivity contribution is 8.89. The third-order valence-corrected chi connectivity index (χ3v) is 3.82. The van der Waals surface area contributed by atoms with Crippen LogP contribution in [0.2, 0.25) is 0 Å². The van der Waals surface area contributed by atoms with E-state index < -0.39 is 0 Å². The predicted octanol–water partition coefficient (Wildman–Crippen LogP) is 1.98. The van der Waals surface area contributed by atoms with Gasteiger partial charge in [-0.15, -0.1) is 0 Å². The van der Waals surface area contributed by atoms with Gasteiger partial charge in [0.1, 0.15) is 13.2 Å². The zero-order valence-corrected chi connectivity index (χ0v) is 8.13. The predicted molar refractivity (Wildman–Crippen MR) is 52.3 cm³/mol. The van der Waals surface area contributed by atoms with E-state index in [4.69, 9.17) is 33.9 Å². The molecular formula is C4H4O2S4. The maximum atomic E-state index is 5.02. The van der Waals surface area contributed by atoms with E-state index in [0.717, 1.165) is 0 Å². The topological polar surface area (TPSA) is 18.5 Å². The Balaban J connectivity index is 2.36. The molecule has 1 rings (SSSR count). The molecule has 1 heterocycles. The Morgan fingerprint density at radius 2 is 1.40 bits per heavy atom. The van der Waals surface area contributed by atoms with Gasteiger partial charge in [-0.05, 0) is 24.4 Å². The number of rotatable bonds is 0. The van der Waals surface area contributed by atoms with Gasteiger partial charge < -0.3 is 9.47 Å². The van der Waals surface area contributed by atoms with Crippen LogP contribution in [0.4, 0.5) is 0 Å². The summed E-state index contributed by atoms with van der Waals surface area (Å²) in [6.45, 7) is 0.985. The van der Waals surface area contributed by atoms with Crippen LogP contribution in [0.15, 0.2) is 0 Å². The van der Waals surface area contributed by atoms with E-state index in [9.17, 15) is 0 Å². The van der Waals surface area contributed by atoms with Crippen LogP contribution in [0.3, 0.4) is 0 Å². The van der Waals surface area contributed by atoms with Crippen molar-refractivity contribution in [3.63, 3.8) is 0 Å². The lowest BCUT2D eigenvalue weighted by Crippen LogP contribution is -2.10. The van der Waals surface area contributed by atoms with Crippen LogP contribution < -0.4 is 0 Å². The highest BCUT2D eigenvalue weighted by Gasteiger charge is 2.08. The SMILES string of the molecule is S=C1OCCOC(=S)SS1. The third-order valence-electron chi connectivity index (χ3n) is 0.701. The molecule has 1 fully saturated rings. The summed E-state index contributed by atoms with van der Waals surface area (Å²) in [5.41, 5.74) is 0. The second-order valence-electron chi connectivity index (χ2n) is 1.36. The van der Waals surface area contributed by atoms with Crippen molar-refractivity contribution in [1.29, 1.82) is 0 Å². The first kappa shape index (κ1) is 8.58. The van der Waals surface area contributed by atoms with Crippen LogP contribution in [0, 0.1) is 0 Å². The molecule has 56 valence electrons. The summed E-state index contributed by atoms with van der Waals surface area (Å²) in [6.07, 6.45) is 0. The van der Waals surface area contributed by atoms with E-state index in [0.29, 0.717) is 22.0 Å². The molecule has 0 unspecified atom stereocenters. The Morgan fingerprint density at radius 3 is 1.80 bits per heavy atom. The molecule has 0 spiro atoms. The Bertz CT molecular complexity index is 139. The first-order valence-corrected chi connectivity index (χ1v) is 5.44. The monoisotopic (exact) mass is 212 g/mol. The van der Waals surface area contributed by atoms with Crippen molar-refractivity contribution in [1.82, 2.24) is 0 Å². The summed E-state index contributed by atoms with van der Waals surface area (Å²) in [4.78, 5) is 0. The lowest BCUT2D eigenvalue weighted by atomic mass is 10.8. The normalized spacial score (nSPS) is 20.4. The Hall–Kier alpha value is 0.480. The average molecular weight is 212 g/mol. The molecule has 1 aliphatic heterocycles. The zero-order chi connectivity index (χ0) is 7.40. The molecule has 2 nitrogen and oxygen atoms in total. The van der Waals surface area contributed by atoms with Gasteiger partial charge >= 0.3 is 0 Å². The summed E-state index contributed by atoms with van der Waals surface area (Å²) in [5, 5.41) is 0. The highest BCUT2D eigenvalue weighted by atomic mass is 33.1. The van der Waals surface area contributed by atoms with E-state index in [1.54, 1.807) is 0 Å². The van der Waals surface area contributed by atoms with E-state index in [-0.39, 0.29) is 0 Å². The van der Waals surface area contributed by atoms with Crippen LogP contribution >= 0.6 is 46.0 Å². The molecular weight excluding hydrogens is 208 g/mol. The molecule has 0 radical (unpaired) electrons. The van der Waals surface area contributed by atoms with Gasteiger partial charge in [-0.3, -0.25) is 0 Å². The largest absolute Gasteiger partial charge is 0.474 e. The van der Waals surface area contributed by atoms with Crippen molar-refractivity contribution in [2.24, 2.45) is 0 Å². The van der Waals surface area contributed by atoms with Crippen LogP contribution in [-0.4, -0.2) is 22.0 Å². The van der Waals surface area contributed by atoms with E-state index in [1.165, 1.54) is 21.6 Å². The molecule has 1 aliphatic rings. The second kappa shape index (κ2) is 4.38. The van der Waals surface area contributed by atoms with Crippen LogP contribution in [0.1, 0.15) is 0 Å². The molecule has 0 bridgehead atoms. The maximum Gasteiger partial charge on any atom is 0.231 e. The number of hydrogen-bond donors (Lipinski definition) is 0. The minimum Gasteiger partial charge on any atom is -0.474 e. The van der Waals surface area contributed by atoms with Crippen molar-refractivity contribution in [3.05, 3.63) is 0 Å².